The molecule has 9 heteroatoms. The zero-order valence-electron chi connectivity index (χ0n) is 36.4. The van der Waals surface area contributed by atoms with Gasteiger partial charge in [0, 0.05) is 42.7 Å². The first-order valence-corrected chi connectivity index (χ1v) is 21.5. The maximum absolute atomic E-state index is 14.3. The van der Waals surface area contributed by atoms with E-state index >= 15 is 0 Å². The molecule has 8 atom stereocenters. The summed E-state index contributed by atoms with van der Waals surface area (Å²) in [4.78, 5) is 61.2. The van der Waals surface area contributed by atoms with Crippen molar-refractivity contribution in [2.45, 2.75) is 146 Å². The van der Waals surface area contributed by atoms with Gasteiger partial charge >= 0.3 is 11.9 Å². The fourth-order valence-electron chi connectivity index (χ4n) is 13.6. The third kappa shape index (κ3) is 7.08. The average molecular weight is 774 g/mol. The number of pyridine rings is 1. The summed E-state index contributed by atoms with van der Waals surface area (Å²) in [7, 11) is 3.87. The van der Waals surface area contributed by atoms with E-state index in [1.165, 1.54) is 5.57 Å². The first kappa shape index (κ1) is 42.5. The van der Waals surface area contributed by atoms with Crippen LogP contribution < -0.4 is 0 Å². The number of fused-ring (bicyclic) bond motifs is 7. The summed E-state index contributed by atoms with van der Waals surface area (Å²) >= 11 is 0. The number of aromatic nitrogens is 1. The van der Waals surface area contributed by atoms with Crippen LogP contribution in [0, 0.1) is 56.2 Å². The highest BCUT2D eigenvalue weighted by Crippen LogP contribution is 2.77. The molecular formula is C47H71N3O6. The summed E-state index contributed by atoms with van der Waals surface area (Å²) in [5, 5.41) is 9.64. The molecule has 6 rings (SSSR count). The number of ether oxygens (including phenoxy) is 1. The summed E-state index contributed by atoms with van der Waals surface area (Å²) in [6, 6.07) is 3.96. The van der Waals surface area contributed by atoms with Crippen LogP contribution in [0.15, 0.2) is 35.7 Å². The second-order valence-electron chi connectivity index (χ2n) is 21.3. The fourth-order valence-corrected chi connectivity index (χ4v) is 13.6. The molecule has 1 amide bonds. The molecular weight excluding hydrogens is 703 g/mol. The Kier molecular flexibility index (Phi) is 11.4. The van der Waals surface area contributed by atoms with Crippen LogP contribution in [0.5, 0.6) is 0 Å². The van der Waals surface area contributed by atoms with Crippen LogP contribution in [0.1, 0.15) is 139 Å². The number of hydrogen-bond acceptors (Lipinski definition) is 7. The zero-order chi connectivity index (χ0) is 41.2. The molecule has 0 saturated heterocycles. The number of ketones is 1. The van der Waals surface area contributed by atoms with Crippen molar-refractivity contribution in [2.75, 3.05) is 27.2 Å². The highest BCUT2D eigenvalue weighted by atomic mass is 16.5. The minimum atomic E-state index is -1.17. The Morgan fingerprint density at radius 1 is 0.964 bits per heavy atom. The van der Waals surface area contributed by atoms with E-state index in [1.807, 2.05) is 42.2 Å². The third-order valence-electron chi connectivity index (χ3n) is 16.7. The maximum atomic E-state index is 14.3. The van der Waals surface area contributed by atoms with Crippen LogP contribution in [-0.2, 0) is 30.5 Å². The molecule has 0 radical (unpaired) electrons. The van der Waals surface area contributed by atoms with Crippen molar-refractivity contribution >= 4 is 23.6 Å². The zero-order valence-corrected chi connectivity index (χ0v) is 36.4. The molecule has 1 aromatic heterocycles. The summed E-state index contributed by atoms with van der Waals surface area (Å²) in [6.07, 6.45) is 12.8. The van der Waals surface area contributed by atoms with E-state index in [1.54, 1.807) is 20.0 Å². The second-order valence-corrected chi connectivity index (χ2v) is 21.3. The number of allylic oxidation sites excluding steroid dienone is 2. The lowest BCUT2D eigenvalue weighted by Gasteiger charge is -2.72. The first-order chi connectivity index (χ1) is 26.0. The number of amides is 1. The van der Waals surface area contributed by atoms with Crippen molar-refractivity contribution in [3.05, 3.63) is 41.2 Å². The number of esters is 1. The number of carboxylic acid groups (broad SMARTS) is 1. The van der Waals surface area contributed by atoms with Gasteiger partial charge in [-0.15, -0.1) is 0 Å². The molecule has 4 saturated carbocycles. The Morgan fingerprint density at radius 2 is 1.68 bits per heavy atom. The van der Waals surface area contributed by atoms with Gasteiger partial charge in [-0.3, -0.25) is 24.2 Å². The van der Waals surface area contributed by atoms with Gasteiger partial charge in [0.2, 0.25) is 5.91 Å². The van der Waals surface area contributed by atoms with E-state index in [9.17, 15) is 24.3 Å². The Bertz CT molecular complexity index is 1730. The van der Waals surface area contributed by atoms with Crippen LogP contribution in [0.3, 0.4) is 0 Å². The summed E-state index contributed by atoms with van der Waals surface area (Å²) in [6.45, 7) is 21.3. The Balaban J connectivity index is 1.28. The van der Waals surface area contributed by atoms with Crippen molar-refractivity contribution in [1.82, 2.24) is 14.8 Å². The standard InChI is InChI=1S/C47H71N3O6/c1-30(2)39-33(51)25-47(22-24-50(37(52)29-49(10)11)28-31-13-12-23-48-27-31)21-20-45(8)32(40(39)47)14-15-35-44(7)18-17-36(56-38(53)26-42(3,4)41(54)55)43(5,6)34(44)16-19-46(35,45)9/h12-13,23,27,30,32,34-36H,14-22,24-26,28-29H2,1-11H3,(H,54,55). The van der Waals surface area contributed by atoms with Crippen LogP contribution in [0.25, 0.3) is 0 Å². The summed E-state index contributed by atoms with van der Waals surface area (Å²) < 4.78 is 6.19. The largest absolute Gasteiger partial charge is 0.481 e. The molecule has 1 N–H and O–H groups in total. The molecule has 310 valence electrons. The molecule has 0 bridgehead atoms. The minimum absolute atomic E-state index is 0.0273. The van der Waals surface area contributed by atoms with Crippen molar-refractivity contribution in [3.8, 4) is 0 Å². The normalized spacial score (nSPS) is 35.1. The number of Topliss-reactive ketones (excluding diaryl/α,β-unsaturated/α-hetero) is 1. The smallest absolute Gasteiger partial charge is 0.309 e. The number of carbonyl (C=O) groups is 4. The Hall–Kier alpha value is -3.07. The number of carboxylic acids is 1. The van der Waals surface area contributed by atoms with E-state index in [-0.39, 0.29) is 51.4 Å². The molecule has 1 heterocycles. The monoisotopic (exact) mass is 774 g/mol. The SMILES string of the molecule is CC(C)C1=C2C3CCC4C5(C)CCC(OC(=O)CC(C)(C)C(=O)O)C(C)(C)C5CCC4(C)C3(C)CCC2(CCN(Cc2cccnc2)C(=O)CN(C)C)CC1=O. The van der Waals surface area contributed by atoms with Crippen molar-refractivity contribution in [3.63, 3.8) is 0 Å². The molecule has 4 fully saturated rings. The summed E-state index contributed by atoms with van der Waals surface area (Å²) in [5.74, 6) is 0.377. The maximum Gasteiger partial charge on any atom is 0.309 e. The van der Waals surface area contributed by atoms with E-state index in [0.717, 1.165) is 68.9 Å². The van der Waals surface area contributed by atoms with Gasteiger partial charge < -0.3 is 19.6 Å². The highest BCUT2D eigenvalue weighted by molar-refractivity contribution is 6.00. The van der Waals surface area contributed by atoms with Crippen LogP contribution >= 0.6 is 0 Å². The van der Waals surface area contributed by atoms with Gasteiger partial charge in [-0.05, 0) is 143 Å². The lowest BCUT2D eigenvalue weighted by Crippen LogP contribution is -2.65. The molecule has 1 aromatic rings. The number of rotatable bonds is 12. The number of likely N-dealkylation sites (N-methyl/N-ethyl adjacent to an activating group) is 1. The van der Waals surface area contributed by atoms with Gasteiger partial charge in [0.15, 0.2) is 5.78 Å². The fraction of sp³-hybridized carbons (Fsp3) is 0.766. The number of nitrogens with zero attached hydrogens (tertiary/aromatic N) is 3. The number of aliphatic carboxylic acids is 1. The molecule has 5 aliphatic rings. The van der Waals surface area contributed by atoms with E-state index < -0.39 is 17.4 Å². The lowest BCUT2D eigenvalue weighted by molar-refractivity contribution is -0.233. The van der Waals surface area contributed by atoms with Gasteiger partial charge in [0.1, 0.15) is 6.10 Å². The van der Waals surface area contributed by atoms with Crippen molar-refractivity contribution < 1.29 is 29.0 Å². The van der Waals surface area contributed by atoms with Gasteiger partial charge in [-0.1, -0.05) is 60.1 Å². The summed E-state index contributed by atoms with van der Waals surface area (Å²) in [5.41, 5.74) is 2.08. The van der Waals surface area contributed by atoms with E-state index in [4.69, 9.17) is 4.74 Å². The average Bonchev–Trinajstić information content (AvgIpc) is 3.40. The van der Waals surface area contributed by atoms with Crippen LogP contribution in [0.4, 0.5) is 0 Å². The molecule has 8 unspecified atom stereocenters. The van der Waals surface area contributed by atoms with Gasteiger partial charge in [-0.25, -0.2) is 0 Å². The van der Waals surface area contributed by atoms with Gasteiger partial charge in [0.05, 0.1) is 18.4 Å². The Labute approximate surface area is 336 Å². The second kappa shape index (κ2) is 14.9. The number of hydrogen-bond donors (Lipinski definition) is 1. The van der Waals surface area contributed by atoms with Gasteiger partial charge in [0.25, 0.3) is 0 Å². The van der Waals surface area contributed by atoms with E-state index in [2.05, 4.69) is 53.5 Å². The molecule has 0 spiro atoms. The lowest BCUT2D eigenvalue weighted by atomic mass is 9.33. The molecule has 9 nitrogen and oxygen atoms in total. The third-order valence-corrected chi connectivity index (χ3v) is 16.7. The van der Waals surface area contributed by atoms with Gasteiger partial charge in [-0.2, -0.15) is 0 Å². The predicted octanol–water partition coefficient (Wildman–Crippen LogP) is 8.76. The van der Waals surface area contributed by atoms with Crippen molar-refractivity contribution in [2.24, 2.45) is 56.2 Å². The topological polar surface area (TPSA) is 117 Å². The van der Waals surface area contributed by atoms with E-state index in [0.29, 0.717) is 49.6 Å². The minimum Gasteiger partial charge on any atom is -0.481 e. The molecule has 0 aliphatic heterocycles. The highest BCUT2D eigenvalue weighted by Gasteiger charge is 2.70. The molecule has 56 heavy (non-hydrogen) atoms. The van der Waals surface area contributed by atoms with Crippen LogP contribution in [-0.4, -0.2) is 76.8 Å². The number of carbonyl (C=O) groups excluding carboxylic acids is 3. The quantitative estimate of drug-likeness (QED) is 0.210. The van der Waals surface area contributed by atoms with Crippen LogP contribution in [0.2, 0.25) is 0 Å². The Morgan fingerprint density at radius 3 is 2.30 bits per heavy atom. The van der Waals surface area contributed by atoms with Crippen molar-refractivity contribution in [1.29, 1.82) is 0 Å². The molecule has 0 aromatic carbocycles. The molecule has 5 aliphatic carbocycles. The first-order valence-electron chi connectivity index (χ1n) is 21.5. The predicted molar refractivity (Wildman–Crippen MR) is 218 cm³/mol.